The van der Waals surface area contributed by atoms with Crippen LogP contribution in [0.15, 0.2) is 24.7 Å². The van der Waals surface area contributed by atoms with Crippen LogP contribution in [0.25, 0.3) is 11.2 Å². The van der Waals surface area contributed by atoms with E-state index >= 15 is 0 Å². The minimum absolute atomic E-state index is 0.526. The third kappa shape index (κ3) is 3.04. The lowest BCUT2D eigenvalue weighted by Gasteiger charge is -2.08. The Kier molecular flexibility index (Phi) is 4.12. The fraction of sp³-hybridized carbons (Fsp3) is 0.357. The number of aryl methyl sites for hydroxylation is 4. The minimum atomic E-state index is 0.526. The van der Waals surface area contributed by atoms with Crippen LogP contribution >= 0.6 is 23.2 Å². The first-order valence-electron chi connectivity index (χ1n) is 6.73. The Labute approximate surface area is 132 Å². The molecule has 5 nitrogen and oxygen atoms in total. The van der Waals surface area contributed by atoms with Crippen molar-refractivity contribution in [1.82, 2.24) is 24.3 Å². The molecule has 3 aromatic heterocycles. The highest BCUT2D eigenvalue weighted by atomic mass is 35.5. The molecule has 0 atom stereocenters. The molecular formula is C14H15Cl2N5. The van der Waals surface area contributed by atoms with Crippen molar-refractivity contribution in [3.8, 4) is 0 Å². The maximum Gasteiger partial charge on any atom is 0.160 e. The number of hydrogen-bond acceptors (Lipinski definition) is 3. The number of nitrogens with zero attached hydrogens (tertiary/aromatic N) is 5. The lowest BCUT2D eigenvalue weighted by molar-refractivity contribution is 0.528. The minimum Gasteiger partial charge on any atom is -0.311 e. The van der Waals surface area contributed by atoms with E-state index in [0.29, 0.717) is 17.3 Å². The van der Waals surface area contributed by atoms with Gasteiger partial charge >= 0.3 is 0 Å². The zero-order chi connectivity index (χ0) is 14.8. The molecule has 3 heterocycles. The summed E-state index contributed by atoms with van der Waals surface area (Å²) in [6.07, 6.45) is 6.21. The third-order valence-corrected chi connectivity index (χ3v) is 3.66. The molecule has 0 fully saturated rings. The predicted octanol–water partition coefficient (Wildman–Crippen LogP) is 3.07. The second kappa shape index (κ2) is 6.03. The first-order valence-corrected chi connectivity index (χ1v) is 7.64. The topological polar surface area (TPSA) is 48.5 Å². The Hall–Kier alpha value is -1.59. The Morgan fingerprint density at radius 2 is 2.10 bits per heavy atom. The van der Waals surface area contributed by atoms with Crippen molar-refractivity contribution in [3.05, 3.63) is 41.1 Å². The second-order valence-electron chi connectivity index (χ2n) is 4.90. The van der Waals surface area contributed by atoms with Crippen LogP contribution < -0.4 is 0 Å². The van der Waals surface area contributed by atoms with Gasteiger partial charge in [0.1, 0.15) is 11.3 Å². The van der Waals surface area contributed by atoms with Crippen LogP contribution in [0.3, 0.4) is 0 Å². The monoisotopic (exact) mass is 323 g/mol. The smallest absolute Gasteiger partial charge is 0.160 e. The van der Waals surface area contributed by atoms with Crippen LogP contribution in [-0.4, -0.2) is 30.2 Å². The third-order valence-electron chi connectivity index (χ3n) is 3.26. The maximum atomic E-state index is 5.98. The summed E-state index contributed by atoms with van der Waals surface area (Å²) in [5.41, 5.74) is 2.79. The average molecular weight is 324 g/mol. The normalized spacial score (nSPS) is 11.4. The van der Waals surface area contributed by atoms with Crippen LogP contribution in [0, 0.1) is 6.92 Å². The largest absolute Gasteiger partial charge is 0.311 e. The van der Waals surface area contributed by atoms with Crippen LogP contribution in [0.2, 0.25) is 5.02 Å². The highest BCUT2D eigenvalue weighted by molar-refractivity contribution is 6.31. The van der Waals surface area contributed by atoms with Gasteiger partial charge in [-0.25, -0.2) is 9.97 Å². The summed E-state index contributed by atoms with van der Waals surface area (Å²) < 4.78 is 4.01. The summed E-state index contributed by atoms with van der Waals surface area (Å²) in [6.45, 7) is 3.54. The quantitative estimate of drug-likeness (QED) is 0.678. The zero-order valence-electron chi connectivity index (χ0n) is 11.6. The molecule has 0 amide bonds. The van der Waals surface area contributed by atoms with E-state index in [-0.39, 0.29) is 0 Å². The van der Waals surface area contributed by atoms with Gasteiger partial charge in [0.2, 0.25) is 0 Å². The molecule has 0 saturated heterocycles. The average Bonchev–Trinajstić information content (AvgIpc) is 3.00. The van der Waals surface area contributed by atoms with Crippen molar-refractivity contribution in [2.75, 3.05) is 5.88 Å². The number of hydrogen-bond donors (Lipinski definition) is 0. The number of halogens is 2. The van der Waals surface area contributed by atoms with Crippen molar-refractivity contribution in [1.29, 1.82) is 0 Å². The van der Waals surface area contributed by atoms with Crippen molar-refractivity contribution in [2.24, 2.45) is 0 Å². The molecule has 0 aliphatic rings. The molecule has 0 N–H and O–H groups in total. The summed E-state index contributed by atoms with van der Waals surface area (Å²) >= 11 is 11.9. The molecule has 21 heavy (non-hydrogen) atoms. The van der Waals surface area contributed by atoms with Crippen molar-refractivity contribution in [2.45, 2.75) is 26.4 Å². The van der Waals surface area contributed by atoms with E-state index < -0.39 is 0 Å². The first kappa shape index (κ1) is 14.4. The number of aromatic nitrogens is 5. The van der Waals surface area contributed by atoms with Gasteiger partial charge < -0.3 is 4.57 Å². The Morgan fingerprint density at radius 3 is 2.81 bits per heavy atom. The van der Waals surface area contributed by atoms with E-state index in [9.17, 15) is 0 Å². The van der Waals surface area contributed by atoms with Crippen molar-refractivity contribution >= 4 is 34.4 Å². The van der Waals surface area contributed by atoms with Crippen LogP contribution in [0.1, 0.15) is 11.4 Å². The van der Waals surface area contributed by atoms with Gasteiger partial charge in [-0.05, 0) is 18.6 Å². The summed E-state index contributed by atoms with van der Waals surface area (Å²) in [4.78, 5) is 8.98. The van der Waals surface area contributed by atoms with Gasteiger partial charge in [-0.2, -0.15) is 5.10 Å². The van der Waals surface area contributed by atoms with Gasteiger partial charge in [-0.1, -0.05) is 11.6 Å². The first-order chi connectivity index (χ1) is 10.2. The fourth-order valence-electron chi connectivity index (χ4n) is 2.34. The molecule has 0 aromatic carbocycles. The van der Waals surface area contributed by atoms with Crippen LogP contribution in [0.4, 0.5) is 0 Å². The number of imidazole rings is 1. The zero-order valence-corrected chi connectivity index (χ0v) is 13.1. The number of rotatable bonds is 5. The van der Waals surface area contributed by atoms with Gasteiger partial charge in [0.15, 0.2) is 5.65 Å². The number of alkyl halides is 1. The van der Waals surface area contributed by atoms with Crippen molar-refractivity contribution < 1.29 is 0 Å². The SMILES string of the molecule is Cc1cnn(CCn2c(CCCl)nc3cc(Cl)cnc32)c1. The van der Waals surface area contributed by atoms with E-state index in [4.69, 9.17) is 23.2 Å². The number of pyridine rings is 1. The summed E-state index contributed by atoms with van der Waals surface area (Å²) in [5, 5.41) is 4.89. The summed E-state index contributed by atoms with van der Waals surface area (Å²) in [6, 6.07) is 1.83. The second-order valence-corrected chi connectivity index (χ2v) is 5.71. The molecule has 0 bridgehead atoms. The molecule has 3 rings (SSSR count). The van der Waals surface area contributed by atoms with E-state index in [2.05, 4.69) is 19.6 Å². The lowest BCUT2D eigenvalue weighted by atomic mass is 10.4. The van der Waals surface area contributed by atoms with E-state index in [1.807, 2.05) is 30.1 Å². The predicted molar refractivity (Wildman–Crippen MR) is 83.9 cm³/mol. The van der Waals surface area contributed by atoms with E-state index in [1.54, 1.807) is 6.20 Å². The molecular weight excluding hydrogens is 309 g/mol. The molecule has 110 valence electrons. The molecule has 0 aliphatic carbocycles. The van der Waals surface area contributed by atoms with Crippen LogP contribution in [-0.2, 0) is 19.5 Å². The molecule has 0 radical (unpaired) electrons. The molecule has 7 heteroatoms. The van der Waals surface area contributed by atoms with Gasteiger partial charge in [-0.3, -0.25) is 4.68 Å². The van der Waals surface area contributed by atoms with Crippen LogP contribution in [0.5, 0.6) is 0 Å². The molecule has 0 saturated carbocycles. The van der Waals surface area contributed by atoms with Gasteiger partial charge in [0.25, 0.3) is 0 Å². The summed E-state index contributed by atoms with van der Waals surface area (Å²) in [5.74, 6) is 1.46. The van der Waals surface area contributed by atoms with Gasteiger partial charge in [-0.15, -0.1) is 11.6 Å². The Bertz CT molecular complexity index is 762. The molecule has 0 unspecified atom stereocenters. The van der Waals surface area contributed by atoms with Gasteiger partial charge in [0.05, 0.1) is 17.8 Å². The summed E-state index contributed by atoms with van der Waals surface area (Å²) in [7, 11) is 0. The molecule has 0 aliphatic heterocycles. The Balaban J connectivity index is 1.92. The standard InChI is InChI=1S/C14H15Cl2N5/c1-10-7-18-20(9-10)4-5-21-13(2-3-15)19-12-6-11(16)8-17-14(12)21/h6-9H,2-5H2,1H3. The van der Waals surface area contributed by atoms with Gasteiger partial charge in [0, 0.05) is 31.2 Å². The highest BCUT2D eigenvalue weighted by Gasteiger charge is 2.12. The Morgan fingerprint density at radius 1 is 1.24 bits per heavy atom. The fourth-order valence-corrected chi connectivity index (χ4v) is 2.66. The highest BCUT2D eigenvalue weighted by Crippen LogP contribution is 2.19. The molecule has 0 spiro atoms. The maximum absolute atomic E-state index is 5.98. The van der Waals surface area contributed by atoms with E-state index in [1.165, 1.54) is 0 Å². The number of fused-ring (bicyclic) bond motifs is 1. The molecule has 3 aromatic rings. The van der Waals surface area contributed by atoms with Crippen molar-refractivity contribution in [3.63, 3.8) is 0 Å². The van der Waals surface area contributed by atoms with E-state index in [0.717, 1.165) is 35.6 Å². The lowest BCUT2D eigenvalue weighted by Crippen LogP contribution is -2.11.